The van der Waals surface area contributed by atoms with E-state index in [-0.39, 0.29) is 11.6 Å². The Kier molecular flexibility index (Phi) is 4.66. The molecule has 2 heterocycles. The minimum atomic E-state index is -0.487. The second kappa shape index (κ2) is 7.05. The Balaban J connectivity index is 1.86. The Labute approximate surface area is 141 Å². The molecule has 0 amide bonds. The maximum atomic E-state index is 12.0. The van der Waals surface area contributed by atoms with E-state index in [9.17, 15) is 9.90 Å². The van der Waals surface area contributed by atoms with Gasteiger partial charge < -0.3 is 14.3 Å². The largest absolute Gasteiger partial charge is 0.507 e. The van der Waals surface area contributed by atoms with Gasteiger partial charge in [0.2, 0.25) is 5.78 Å². The number of nitrogens with one attached hydrogen (secondary N) is 1. The summed E-state index contributed by atoms with van der Waals surface area (Å²) in [7, 11) is 1.59. The highest BCUT2D eigenvalue weighted by Gasteiger charge is 2.15. The molecule has 0 fully saturated rings. The third kappa shape index (κ3) is 3.33. The smallest absolute Gasteiger partial charge is 0.226 e. The summed E-state index contributed by atoms with van der Waals surface area (Å²) in [5.74, 6) is 0.0434. The van der Waals surface area contributed by atoms with Crippen LogP contribution in [-0.2, 0) is 0 Å². The fourth-order valence-electron chi connectivity index (χ4n) is 1.97. The van der Waals surface area contributed by atoms with Crippen LogP contribution in [0.3, 0.4) is 0 Å². The van der Waals surface area contributed by atoms with Crippen molar-refractivity contribution >= 4 is 23.3 Å². The summed E-state index contributed by atoms with van der Waals surface area (Å²) in [5, 5.41) is 16.3. The molecule has 0 saturated carbocycles. The van der Waals surface area contributed by atoms with Gasteiger partial charge in [-0.15, -0.1) is 0 Å². The zero-order chi connectivity index (χ0) is 16.9. The molecule has 0 bridgehead atoms. The molecule has 3 rings (SSSR count). The van der Waals surface area contributed by atoms with Crippen LogP contribution in [0.25, 0.3) is 5.76 Å². The average Bonchev–Trinajstić information content (AvgIpc) is 3.27. The number of aliphatic hydroxyl groups is 1. The maximum Gasteiger partial charge on any atom is 0.226 e. The Morgan fingerprint density at radius 1 is 1.33 bits per heavy atom. The van der Waals surface area contributed by atoms with Crippen LogP contribution in [0.2, 0.25) is 0 Å². The molecule has 0 saturated heterocycles. The summed E-state index contributed by atoms with van der Waals surface area (Å²) in [6.07, 6.45) is 5.16. The second-order valence-electron chi connectivity index (χ2n) is 4.63. The number of nitrogens with zero attached hydrogens (tertiary/aromatic N) is 2. The molecule has 8 heteroatoms. The lowest BCUT2D eigenvalue weighted by Crippen LogP contribution is -1.99. The molecule has 2 N–H and O–H groups in total. The zero-order valence-corrected chi connectivity index (χ0v) is 13.4. The van der Waals surface area contributed by atoms with Crippen molar-refractivity contribution in [1.82, 2.24) is 15.2 Å². The number of ketones is 1. The molecule has 0 spiro atoms. The summed E-state index contributed by atoms with van der Waals surface area (Å²) >= 11 is 1.36. The molecule has 0 aliphatic carbocycles. The predicted molar refractivity (Wildman–Crippen MR) is 87.1 cm³/mol. The Morgan fingerprint density at radius 3 is 2.92 bits per heavy atom. The van der Waals surface area contributed by atoms with Gasteiger partial charge in [0.25, 0.3) is 0 Å². The number of ether oxygens (including phenoxy) is 1. The topological polar surface area (TPSA) is 101 Å². The van der Waals surface area contributed by atoms with Gasteiger partial charge in [-0.3, -0.25) is 9.89 Å². The highest BCUT2D eigenvalue weighted by atomic mass is 32.2. The molecule has 0 unspecified atom stereocenters. The van der Waals surface area contributed by atoms with E-state index in [1.165, 1.54) is 30.6 Å². The minimum absolute atomic E-state index is 0.0453. The second-order valence-corrected chi connectivity index (χ2v) is 5.71. The van der Waals surface area contributed by atoms with E-state index in [2.05, 4.69) is 15.2 Å². The molecule has 24 heavy (non-hydrogen) atoms. The van der Waals surface area contributed by atoms with E-state index >= 15 is 0 Å². The number of allylic oxidation sites excluding steroid dienone is 1. The average molecular weight is 343 g/mol. The number of rotatable bonds is 6. The van der Waals surface area contributed by atoms with Crippen LogP contribution in [0.1, 0.15) is 16.2 Å². The number of para-hydroxylation sites is 1. The van der Waals surface area contributed by atoms with Crippen molar-refractivity contribution in [2.45, 2.75) is 9.79 Å². The molecule has 7 nitrogen and oxygen atoms in total. The quantitative estimate of drug-likeness (QED) is 0.402. The Morgan fingerprint density at radius 2 is 2.17 bits per heavy atom. The van der Waals surface area contributed by atoms with Crippen LogP contribution in [0.5, 0.6) is 5.75 Å². The van der Waals surface area contributed by atoms with Gasteiger partial charge >= 0.3 is 0 Å². The first-order chi connectivity index (χ1) is 11.7. The first-order valence-electron chi connectivity index (χ1n) is 6.87. The number of aliphatic hydroxyl groups excluding tert-OH is 1. The van der Waals surface area contributed by atoms with Gasteiger partial charge in [-0.25, -0.2) is 4.98 Å². The Hall–Kier alpha value is -3.00. The van der Waals surface area contributed by atoms with Gasteiger partial charge in [-0.05, 0) is 12.1 Å². The van der Waals surface area contributed by atoms with Crippen LogP contribution in [0.4, 0.5) is 0 Å². The lowest BCUT2D eigenvalue weighted by molar-refractivity contribution is 0.103. The molecule has 2 aromatic heterocycles. The normalized spacial score (nSPS) is 11.5. The highest BCUT2D eigenvalue weighted by molar-refractivity contribution is 7.99. The van der Waals surface area contributed by atoms with E-state index in [1.54, 1.807) is 7.11 Å². The third-order valence-electron chi connectivity index (χ3n) is 3.11. The summed E-state index contributed by atoms with van der Waals surface area (Å²) < 4.78 is 10.5. The van der Waals surface area contributed by atoms with Gasteiger partial charge in [0, 0.05) is 6.08 Å². The predicted octanol–water partition coefficient (Wildman–Crippen LogP) is 3.34. The van der Waals surface area contributed by atoms with Crippen LogP contribution in [0, 0.1) is 0 Å². The van der Waals surface area contributed by atoms with Crippen molar-refractivity contribution in [3.8, 4) is 5.75 Å². The summed E-state index contributed by atoms with van der Waals surface area (Å²) in [5.41, 5.74) is 0.402. The highest BCUT2D eigenvalue weighted by Crippen LogP contribution is 2.38. The number of hydrogen-bond donors (Lipinski definition) is 2. The van der Waals surface area contributed by atoms with Crippen LogP contribution < -0.4 is 4.74 Å². The number of furan rings is 1. The lowest BCUT2D eigenvalue weighted by Gasteiger charge is -2.07. The molecule has 1 aromatic carbocycles. The van der Waals surface area contributed by atoms with Gasteiger partial charge in [0.15, 0.2) is 5.82 Å². The number of methoxy groups -OCH3 is 1. The number of hydrogen-bond acceptors (Lipinski definition) is 7. The van der Waals surface area contributed by atoms with Gasteiger partial charge in [0.1, 0.15) is 30.4 Å². The van der Waals surface area contributed by atoms with Crippen molar-refractivity contribution in [3.63, 3.8) is 0 Å². The number of aromatic nitrogens is 3. The van der Waals surface area contributed by atoms with Gasteiger partial charge in [-0.2, -0.15) is 5.10 Å². The van der Waals surface area contributed by atoms with Crippen LogP contribution in [0.15, 0.2) is 63.4 Å². The third-order valence-corrected chi connectivity index (χ3v) is 4.20. The number of carbonyl (C=O) groups is 1. The van der Waals surface area contributed by atoms with Crippen molar-refractivity contribution in [2.24, 2.45) is 0 Å². The van der Waals surface area contributed by atoms with E-state index in [0.717, 1.165) is 11.0 Å². The minimum Gasteiger partial charge on any atom is -0.507 e. The van der Waals surface area contributed by atoms with Crippen molar-refractivity contribution in [2.75, 3.05) is 7.11 Å². The van der Waals surface area contributed by atoms with Crippen LogP contribution in [-0.4, -0.2) is 33.2 Å². The summed E-state index contributed by atoms with van der Waals surface area (Å²) in [6, 6.07) is 7.48. The van der Waals surface area contributed by atoms with Crippen molar-refractivity contribution in [1.29, 1.82) is 0 Å². The molecular weight excluding hydrogens is 330 g/mol. The van der Waals surface area contributed by atoms with E-state index < -0.39 is 5.78 Å². The first kappa shape index (κ1) is 15.9. The molecule has 0 radical (unpaired) electrons. The van der Waals surface area contributed by atoms with E-state index in [1.807, 2.05) is 24.3 Å². The van der Waals surface area contributed by atoms with Crippen LogP contribution >= 0.6 is 11.8 Å². The molecule has 0 aliphatic rings. The number of H-pyrrole nitrogens is 1. The molecule has 122 valence electrons. The molecular formula is C16H13N3O4S. The molecule has 3 aromatic rings. The van der Waals surface area contributed by atoms with E-state index in [0.29, 0.717) is 16.2 Å². The standard InChI is InChI=1S/C16H13N3O4S/c1-22-13-4-2-3-5-14(13)24-15-8-23-7-10(15)11(20)6-12(21)16-17-9-18-19-16/h2-9,20H,1H3,(H,17,18,19). The lowest BCUT2D eigenvalue weighted by atomic mass is 10.2. The van der Waals surface area contributed by atoms with Crippen molar-refractivity contribution in [3.05, 3.63) is 60.6 Å². The number of aromatic amines is 1. The van der Waals surface area contributed by atoms with E-state index in [4.69, 9.17) is 9.15 Å². The summed E-state index contributed by atoms with van der Waals surface area (Å²) in [4.78, 5) is 17.2. The monoisotopic (exact) mass is 343 g/mol. The first-order valence-corrected chi connectivity index (χ1v) is 7.68. The Bertz CT molecular complexity index is 871. The fourth-order valence-corrected chi connectivity index (χ4v) is 2.97. The van der Waals surface area contributed by atoms with Crippen molar-refractivity contribution < 1.29 is 19.1 Å². The molecule has 0 atom stereocenters. The fraction of sp³-hybridized carbons (Fsp3) is 0.0625. The maximum absolute atomic E-state index is 12.0. The zero-order valence-electron chi connectivity index (χ0n) is 12.6. The number of benzene rings is 1. The van der Waals surface area contributed by atoms with Gasteiger partial charge in [-0.1, -0.05) is 23.9 Å². The van der Waals surface area contributed by atoms with Gasteiger partial charge in [0.05, 0.1) is 22.5 Å². The SMILES string of the molecule is COc1ccccc1Sc1cocc1C(O)=CC(=O)c1ncn[nH]1. The number of carbonyl (C=O) groups excluding carboxylic acids is 1. The molecule has 0 aliphatic heterocycles. The summed E-state index contributed by atoms with van der Waals surface area (Å²) in [6.45, 7) is 0.